The van der Waals surface area contributed by atoms with E-state index >= 15 is 0 Å². The fraction of sp³-hybridized carbons (Fsp3) is 0.659. The minimum absolute atomic E-state index is 0.0510. The largest absolute Gasteiger partial charge is 0.367 e. The molecule has 5 amide bonds. The molecule has 4 aliphatic carbocycles. The van der Waals surface area contributed by atoms with Crippen molar-refractivity contribution in [2.24, 2.45) is 28.1 Å². The smallest absolute Gasteiger partial charge is 0.303 e. The molecule has 2 heterocycles. The average Bonchev–Trinajstić information content (AvgIpc) is 3.65. The van der Waals surface area contributed by atoms with Crippen LogP contribution < -0.4 is 20.7 Å². The molecule has 14 nitrogen and oxygen atoms in total. The number of carbonyl (C=O) groups excluding carboxylic acids is 5. The SMILES string of the molecule is C=C[C@@H]1C[C@]1(NC(=O)[C@@H]1C[C@@]2(CN1C(=O)[C@@H](NC(=O)[C@@H](NC(=O)[C@@H](OC)c1ccccc1)C1CCCCC1)C(=C)C)C(C)(C)C21CCC1)C(=O)NS(=O)(=O)N1CCCC1. The number of ether oxygens (including phenoxy) is 1. The zero-order valence-electron chi connectivity index (χ0n) is 35.0. The van der Waals surface area contributed by atoms with Gasteiger partial charge in [0, 0.05) is 38.1 Å². The minimum atomic E-state index is -4.12. The molecule has 6 aliphatic rings. The summed E-state index contributed by atoms with van der Waals surface area (Å²) in [5.41, 5.74) is -1.14. The summed E-state index contributed by atoms with van der Waals surface area (Å²) in [6.07, 6.45) is 9.79. The maximum absolute atomic E-state index is 15.0. The number of fused-ring (bicyclic) bond motifs is 1. The molecule has 2 saturated heterocycles. The highest BCUT2D eigenvalue weighted by Crippen LogP contribution is 2.88. The van der Waals surface area contributed by atoms with Crippen molar-refractivity contribution in [3.8, 4) is 0 Å². The van der Waals surface area contributed by atoms with Gasteiger partial charge in [-0.15, -0.1) is 6.58 Å². The van der Waals surface area contributed by atoms with Gasteiger partial charge in [-0.2, -0.15) is 12.7 Å². The summed E-state index contributed by atoms with van der Waals surface area (Å²) < 4.78 is 35.3. The van der Waals surface area contributed by atoms with E-state index in [1.54, 1.807) is 24.0 Å². The van der Waals surface area contributed by atoms with Crippen molar-refractivity contribution >= 4 is 39.7 Å². The molecule has 0 bridgehead atoms. The van der Waals surface area contributed by atoms with Crippen LogP contribution in [0.15, 0.2) is 55.1 Å². The van der Waals surface area contributed by atoms with Gasteiger partial charge in [0.25, 0.3) is 11.8 Å². The van der Waals surface area contributed by atoms with Crippen LogP contribution in [-0.2, 0) is 38.9 Å². The van der Waals surface area contributed by atoms with Gasteiger partial charge in [-0.05, 0) is 86.2 Å². The highest BCUT2D eigenvalue weighted by molar-refractivity contribution is 7.87. The summed E-state index contributed by atoms with van der Waals surface area (Å²) in [5, 5.41) is 8.84. The Morgan fingerprint density at radius 3 is 2.10 bits per heavy atom. The van der Waals surface area contributed by atoms with Gasteiger partial charge in [0.2, 0.25) is 17.7 Å². The third kappa shape index (κ3) is 7.32. The molecule has 2 spiro atoms. The molecule has 2 aliphatic heterocycles. The number of methoxy groups -OCH3 is 1. The number of benzene rings is 1. The fourth-order valence-corrected chi connectivity index (χ4v) is 12.8. The van der Waals surface area contributed by atoms with E-state index in [1.165, 1.54) is 17.5 Å². The van der Waals surface area contributed by atoms with Crippen LogP contribution in [-0.4, -0.2) is 97.6 Å². The van der Waals surface area contributed by atoms with Crippen LogP contribution in [0, 0.1) is 28.1 Å². The number of likely N-dealkylation sites (tertiary alicyclic amines) is 1. The molecule has 1 aromatic carbocycles. The first kappa shape index (κ1) is 43.0. The summed E-state index contributed by atoms with van der Waals surface area (Å²) in [5.74, 6) is -3.56. The zero-order valence-corrected chi connectivity index (χ0v) is 35.8. The van der Waals surface area contributed by atoms with E-state index in [0.717, 1.165) is 51.4 Å². The first-order valence-electron chi connectivity index (χ1n) is 21.4. The van der Waals surface area contributed by atoms with Crippen LogP contribution in [0.5, 0.6) is 0 Å². The van der Waals surface area contributed by atoms with Crippen molar-refractivity contribution < 1.29 is 37.1 Å². The summed E-state index contributed by atoms with van der Waals surface area (Å²) in [4.78, 5) is 73.3. The van der Waals surface area contributed by atoms with E-state index in [2.05, 4.69) is 47.7 Å². The predicted molar refractivity (Wildman–Crippen MR) is 221 cm³/mol. The number of hydrogen-bond donors (Lipinski definition) is 4. The normalized spacial score (nSPS) is 29.7. The Labute approximate surface area is 348 Å². The monoisotopic (exact) mass is 834 g/mol. The van der Waals surface area contributed by atoms with Crippen molar-refractivity contribution in [1.82, 2.24) is 29.9 Å². The highest BCUT2D eigenvalue weighted by Gasteiger charge is 2.85. The van der Waals surface area contributed by atoms with E-state index in [-0.39, 0.29) is 35.1 Å². The summed E-state index contributed by atoms with van der Waals surface area (Å²) in [7, 11) is -2.68. The number of rotatable bonds is 15. The van der Waals surface area contributed by atoms with Crippen LogP contribution in [0.2, 0.25) is 0 Å². The van der Waals surface area contributed by atoms with Crippen LogP contribution in [0.4, 0.5) is 0 Å². The Morgan fingerprint density at radius 2 is 1.56 bits per heavy atom. The summed E-state index contributed by atoms with van der Waals surface area (Å²) in [6, 6.07) is 5.86. The number of nitrogens with zero attached hydrogens (tertiary/aromatic N) is 2. The molecule has 0 radical (unpaired) electrons. The van der Waals surface area contributed by atoms with Gasteiger partial charge in [-0.25, -0.2) is 4.72 Å². The Bertz CT molecular complexity index is 1970. The van der Waals surface area contributed by atoms with Crippen LogP contribution >= 0.6 is 0 Å². The standard InChI is InChI=1S/C44H62N6O8S/c1-7-31-25-44(31,40(55)48-59(56,57)49-23-14-15-24-49)47-36(51)32-26-43(41(4,5)42(43)21-16-22-42)27-50(32)39(54)33(28(2)3)45-37(52)34(29-17-10-8-11-18-29)46-38(53)35(58-6)30-19-12-9-13-20-30/h7,9,12-13,19-20,29,31-35H,1-2,8,10-11,14-18,21-27H2,3-6H3,(H,45,52)(H,46,53)(H,47,51)(H,48,55)/t31-,32+,33+,34+,35+,43-,44-/m1/s1. The van der Waals surface area contributed by atoms with Gasteiger partial charge in [0.15, 0.2) is 6.10 Å². The fourth-order valence-electron chi connectivity index (χ4n) is 11.5. The lowest BCUT2D eigenvalue weighted by Gasteiger charge is -2.34. The van der Waals surface area contributed by atoms with Gasteiger partial charge < -0.3 is 25.6 Å². The Kier molecular flexibility index (Phi) is 11.7. The van der Waals surface area contributed by atoms with E-state index in [9.17, 15) is 32.4 Å². The Balaban J connectivity index is 1.14. The first-order valence-corrected chi connectivity index (χ1v) is 22.8. The van der Waals surface area contributed by atoms with Crippen LogP contribution in [0.3, 0.4) is 0 Å². The molecule has 6 fully saturated rings. The highest BCUT2D eigenvalue weighted by atomic mass is 32.2. The molecule has 4 saturated carbocycles. The zero-order chi connectivity index (χ0) is 42.5. The molecule has 4 N–H and O–H groups in total. The maximum Gasteiger partial charge on any atom is 0.303 e. The predicted octanol–water partition coefficient (Wildman–Crippen LogP) is 3.82. The molecule has 0 unspecified atom stereocenters. The third-order valence-corrected chi connectivity index (χ3v) is 16.9. The molecule has 7 rings (SSSR count). The van der Waals surface area contributed by atoms with E-state index < -0.39 is 75.4 Å². The quantitative estimate of drug-likeness (QED) is 0.193. The number of nitrogens with one attached hydrogen (secondary N) is 4. The maximum atomic E-state index is 15.0. The lowest BCUT2D eigenvalue weighted by molar-refractivity contribution is -0.142. The third-order valence-electron chi connectivity index (χ3n) is 15.4. The van der Waals surface area contributed by atoms with Gasteiger partial charge in [0.05, 0.1) is 0 Å². The molecule has 15 heteroatoms. The molecule has 322 valence electrons. The number of hydrogen-bond acceptors (Lipinski definition) is 8. The summed E-state index contributed by atoms with van der Waals surface area (Å²) >= 11 is 0. The number of amides is 5. The molecule has 0 aromatic heterocycles. The van der Waals surface area contributed by atoms with Gasteiger partial charge in [-0.3, -0.25) is 24.0 Å². The van der Waals surface area contributed by atoms with Gasteiger partial charge >= 0.3 is 10.2 Å². The average molecular weight is 835 g/mol. The Hall–Kier alpha value is -4.08. The second-order valence-corrected chi connectivity index (χ2v) is 20.2. The van der Waals surface area contributed by atoms with Crippen molar-refractivity contribution in [2.75, 3.05) is 26.7 Å². The van der Waals surface area contributed by atoms with Crippen molar-refractivity contribution in [3.63, 3.8) is 0 Å². The van der Waals surface area contributed by atoms with E-state index in [1.807, 2.05) is 18.2 Å². The van der Waals surface area contributed by atoms with E-state index in [0.29, 0.717) is 43.5 Å². The second-order valence-electron chi connectivity index (χ2n) is 18.6. The molecule has 7 atom stereocenters. The molecular formula is C44H62N6O8S. The Morgan fingerprint density at radius 1 is 0.898 bits per heavy atom. The van der Waals surface area contributed by atoms with Gasteiger partial charge in [-0.1, -0.05) is 82.5 Å². The van der Waals surface area contributed by atoms with Crippen molar-refractivity contribution in [2.45, 2.75) is 128 Å². The van der Waals surface area contributed by atoms with Gasteiger partial charge in [0.1, 0.15) is 23.7 Å². The number of carbonyl (C=O) groups is 5. The molecular weight excluding hydrogens is 773 g/mol. The molecule has 1 aromatic rings. The van der Waals surface area contributed by atoms with Crippen LogP contribution in [0.1, 0.15) is 109 Å². The lowest BCUT2D eigenvalue weighted by atomic mass is 9.73. The van der Waals surface area contributed by atoms with Crippen LogP contribution in [0.25, 0.3) is 0 Å². The van der Waals surface area contributed by atoms with Crippen molar-refractivity contribution in [3.05, 3.63) is 60.7 Å². The van der Waals surface area contributed by atoms with E-state index in [4.69, 9.17) is 4.74 Å². The topological polar surface area (TPSA) is 183 Å². The second kappa shape index (κ2) is 16.1. The molecule has 59 heavy (non-hydrogen) atoms. The van der Waals surface area contributed by atoms with Crippen molar-refractivity contribution in [1.29, 1.82) is 0 Å². The minimum Gasteiger partial charge on any atom is -0.367 e. The first-order chi connectivity index (χ1) is 28.0. The lowest BCUT2D eigenvalue weighted by Crippen LogP contribution is -2.60. The summed E-state index contributed by atoms with van der Waals surface area (Å²) in [6.45, 7) is 14.9.